The molecule has 188 valence electrons. The molecule has 0 aromatic carbocycles. The number of carbonyl (C=O) groups is 2. The number of hydrogen-bond acceptors (Lipinski definition) is 6. The van der Waals surface area contributed by atoms with Gasteiger partial charge in [0.15, 0.2) is 0 Å². The maximum atomic E-state index is 13.7. The Morgan fingerprint density at radius 1 is 1.21 bits per heavy atom. The number of carbonyl (C=O) groups excluding carboxylic acids is 2. The molecule has 3 saturated carbocycles. The fourth-order valence-electron chi connectivity index (χ4n) is 8.15. The molecule has 0 aromatic heterocycles. The molecule has 2 N–H and O–H groups in total. The van der Waals surface area contributed by atoms with E-state index in [1.807, 2.05) is 11.8 Å². The van der Waals surface area contributed by atoms with Crippen molar-refractivity contribution in [3.05, 3.63) is 0 Å². The van der Waals surface area contributed by atoms with Crippen molar-refractivity contribution in [2.75, 3.05) is 19.7 Å². The molecule has 1 amide bonds. The van der Waals surface area contributed by atoms with Gasteiger partial charge in [-0.2, -0.15) is 5.26 Å². The van der Waals surface area contributed by atoms with Crippen LogP contribution in [0.2, 0.25) is 0 Å². The summed E-state index contributed by atoms with van der Waals surface area (Å²) in [5, 5.41) is 9.64. The van der Waals surface area contributed by atoms with Gasteiger partial charge in [-0.05, 0) is 100 Å². The number of nitriles is 1. The van der Waals surface area contributed by atoms with Crippen LogP contribution >= 0.6 is 0 Å². The lowest BCUT2D eigenvalue weighted by atomic mass is 9.55. The number of amides is 1. The van der Waals surface area contributed by atoms with Gasteiger partial charge in [0, 0.05) is 6.04 Å². The standard InChI is InChI=1S/C27H42N4O3/c1-17-22-13-21(16-28)31(23(17)22)25(32)24(29)27-8-5-6-19(14-27)12-20(15-27)7-11-34-26(33)18(2)30-9-3-4-10-30/h17-24H,3-15,29H2,1-2H3. The van der Waals surface area contributed by atoms with Crippen LogP contribution in [0.5, 0.6) is 0 Å². The molecule has 7 nitrogen and oxygen atoms in total. The number of piperidine rings is 1. The molecular formula is C27H42N4O3. The van der Waals surface area contributed by atoms with Crippen LogP contribution in [0.1, 0.15) is 78.1 Å². The van der Waals surface area contributed by atoms with Crippen LogP contribution in [0, 0.1) is 40.4 Å². The molecule has 9 unspecified atom stereocenters. The van der Waals surface area contributed by atoms with Gasteiger partial charge in [-0.25, -0.2) is 0 Å². The van der Waals surface area contributed by atoms with E-state index in [-0.39, 0.29) is 35.4 Å². The molecule has 5 fully saturated rings. The second kappa shape index (κ2) is 9.43. The summed E-state index contributed by atoms with van der Waals surface area (Å²) < 4.78 is 5.70. The molecule has 9 atom stereocenters. The zero-order valence-corrected chi connectivity index (χ0v) is 21.0. The highest BCUT2D eigenvalue weighted by molar-refractivity contribution is 5.84. The van der Waals surface area contributed by atoms with Gasteiger partial charge in [0.2, 0.25) is 5.91 Å². The summed E-state index contributed by atoms with van der Waals surface area (Å²) in [6.45, 7) is 6.57. The number of fused-ring (bicyclic) bond motifs is 3. The van der Waals surface area contributed by atoms with Crippen molar-refractivity contribution in [1.29, 1.82) is 5.26 Å². The van der Waals surface area contributed by atoms with E-state index in [2.05, 4.69) is 17.9 Å². The number of nitrogens with two attached hydrogens (primary N) is 1. The second-order valence-corrected chi connectivity index (χ2v) is 12.1. The van der Waals surface area contributed by atoms with E-state index in [9.17, 15) is 14.9 Å². The number of nitrogens with zero attached hydrogens (tertiary/aromatic N) is 3. The lowest BCUT2D eigenvalue weighted by Crippen LogP contribution is -2.58. The molecule has 7 heteroatoms. The summed E-state index contributed by atoms with van der Waals surface area (Å²) in [4.78, 5) is 30.3. The Morgan fingerprint density at radius 3 is 2.71 bits per heavy atom. The summed E-state index contributed by atoms with van der Waals surface area (Å²) >= 11 is 0. The number of likely N-dealkylation sites (tertiary alicyclic amines) is 2. The molecule has 2 saturated heterocycles. The Morgan fingerprint density at radius 2 is 1.97 bits per heavy atom. The van der Waals surface area contributed by atoms with E-state index in [0.717, 1.165) is 70.9 Å². The molecule has 34 heavy (non-hydrogen) atoms. The average Bonchev–Trinajstić information content (AvgIpc) is 3.24. The highest BCUT2D eigenvalue weighted by Gasteiger charge is 2.62. The molecule has 0 aromatic rings. The van der Waals surface area contributed by atoms with Crippen molar-refractivity contribution in [2.24, 2.45) is 34.8 Å². The Labute approximate surface area is 204 Å². The Bertz CT molecular complexity index is 836. The van der Waals surface area contributed by atoms with Crippen LogP contribution in [0.4, 0.5) is 0 Å². The van der Waals surface area contributed by atoms with Crippen LogP contribution in [0.15, 0.2) is 0 Å². The maximum Gasteiger partial charge on any atom is 0.323 e. The van der Waals surface area contributed by atoms with Crippen LogP contribution in [-0.2, 0) is 14.3 Å². The van der Waals surface area contributed by atoms with E-state index in [4.69, 9.17) is 10.5 Å². The zero-order valence-electron chi connectivity index (χ0n) is 21.0. The molecule has 2 heterocycles. The third-order valence-corrected chi connectivity index (χ3v) is 10.1. The van der Waals surface area contributed by atoms with E-state index in [1.165, 1.54) is 6.42 Å². The molecule has 5 rings (SSSR count). The molecule has 0 radical (unpaired) electrons. The summed E-state index contributed by atoms with van der Waals surface area (Å²) in [5.41, 5.74) is 6.64. The Kier molecular flexibility index (Phi) is 6.67. The van der Waals surface area contributed by atoms with Crippen LogP contribution in [0.3, 0.4) is 0 Å². The maximum absolute atomic E-state index is 13.7. The minimum Gasteiger partial charge on any atom is -0.465 e. The summed E-state index contributed by atoms with van der Waals surface area (Å²) in [6.07, 6.45) is 10.4. The fraction of sp³-hybridized carbons (Fsp3) is 0.889. The summed E-state index contributed by atoms with van der Waals surface area (Å²) in [7, 11) is 0. The monoisotopic (exact) mass is 470 g/mol. The van der Waals surface area contributed by atoms with Crippen LogP contribution in [0.25, 0.3) is 0 Å². The molecule has 3 aliphatic carbocycles. The molecule has 2 aliphatic heterocycles. The predicted octanol–water partition coefficient (Wildman–Crippen LogP) is 3.08. The highest BCUT2D eigenvalue weighted by Crippen LogP contribution is 2.56. The van der Waals surface area contributed by atoms with Gasteiger partial charge in [-0.3, -0.25) is 14.5 Å². The fourth-order valence-corrected chi connectivity index (χ4v) is 8.15. The van der Waals surface area contributed by atoms with Crippen LogP contribution < -0.4 is 5.73 Å². The van der Waals surface area contributed by atoms with Crippen molar-refractivity contribution < 1.29 is 14.3 Å². The van der Waals surface area contributed by atoms with Gasteiger partial charge in [0.1, 0.15) is 12.1 Å². The normalized spacial score (nSPS) is 40.8. The lowest BCUT2D eigenvalue weighted by molar-refractivity contribution is -0.149. The summed E-state index contributed by atoms with van der Waals surface area (Å²) in [5.74, 6) is 1.91. The third kappa shape index (κ3) is 4.26. The van der Waals surface area contributed by atoms with E-state index < -0.39 is 6.04 Å². The number of esters is 1. The van der Waals surface area contributed by atoms with Gasteiger partial charge in [-0.1, -0.05) is 19.8 Å². The predicted molar refractivity (Wildman–Crippen MR) is 128 cm³/mol. The van der Waals surface area contributed by atoms with Crippen LogP contribution in [-0.4, -0.2) is 65.5 Å². The smallest absolute Gasteiger partial charge is 0.323 e. The van der Waals surface area contributed by atoms with Crippen molar-refractivity contribution in [3.63, 3.8) is 0 Å². The number of hydrogen-bond donors (Lipinski definition) is 1. The van der Waals surface area contributed by atoms with Crippen molar-refractivity contribution >= 4 is 11.9 Å². The molecule has 5 aliphatic rings. The largest absolute Gasteiger partial charge is 0.465 e. The Hall–Kier alpha value is -1.65. The topological polar surface area (TPSA) is 99.7 Å². The van der Waals surface area contributed by atoms with Gasteiger partial charge in [0.25, 0.3) is 0 Å². The first-order valence-electron chi connectivity index (χ1n) is 13.7. The Balaban J connectivity index is 1.20. The van der Waals surface area contributed by atoms with E-state index >= 15 is 0 Å². The second-order valence-electron chi connectivity index (χ2n) is 12.1. The SMILES string of the molecule is CC1C2CC(C#N)N(C(=O)C(N)C34CCCC(CC(CCOC(=O)C(C)N5CCCC5)C3)C4)C12. The molecule has 0 spiro atoms. The molecule has 2 bridgehead atoms. The van der Waals surface area contributed by atoms with Crippen molar-refractivity contribution in [2.45, 2.75) is 102 Å². The first kappa shape index (κ1) is 24.1. The lowest BCUT2D eigenvalue weighted by Gasteiger charge is -2.51. The van der Waals surface area contributed by atoms with Gasteiger partial charge in [-0.15, -0.1) is 0 Å². The van der Waals surface area contributed by atoms with Crippen molar-refractivity contribution in [3.8, 4) is 6.07 Å². The molecular weight excluding hydrogens is 428 g/mol. The minimum absolute atomic E-state index is 0.00978. The highest BCUT2D eigenvalue weighted by atomic mass is 16.5. The van der Waals surface area contributed by atoms with E-state index in [0.29, 0.717) is 30.3 Å². The number of ether oxygens (including phenoxy) is 1. The van der Waals surface area contributed by atoms with Crippen molar-refractivity contribution in [1.82, 2.24) is 9.80 Å². The third-order valence-electron chi connectivity index (χ3n) is 10.1. The average molecular weight is 471 g/mol. The van der Waals surface area contributed by atoms with Gasteiger partial charge >= 0.3 is 5.97 Å². The number of rotatable bonds is 7. The quantitative estimate of drug-likeness (QED) is 0.574. The van der Waals surface area contributed by atoms with Gasteiger partial charge < -0.3 is 15.4 Å². The first-order valence-corrected chi connectivity index (χ1v) is 13.7. The minimum atomic E-state index is -0.529. The van der Waals surface area contributed by atoms with Gasteiger partial charge in [0.05, 0.1) is 18.7 Å². The first-order chi connectivity index (χ1) is 16.3. The zero-order chi connectivity index (χ0) is 24.0. The van der Waals surface area contributed by atoms with E-state index in [1.54, 1.807) is 0 Å². The summed E-state index contributed by atoms with van der Waals surface area (Å²) in [6, 6.07) is 1.58.